The van der Waals surface area contributed by atoms with Gasteiger partial charge in [0.2, 0.25) is 0 Å². The summed E-state index contributed by atoms with van der Waals surface area (Å²) in [7, 11) is 0. The monoisotopic (exact) mass is 145 g/mol. The Kier molecular flexibility index (Phi) is 2.11. The molecule has 1 amide bonds. The van der Waals surface area contributed by atoms with Crippen molar-refractivity contribution in [2.45, 2.75) is 18.9 Å². The number of amides is 1. The molecule has 0 aliphatic carbocycles. The van der Waals surface area contributed by atoms with Crippen LogP contribution in [0.3, 0.4) is 0 Å². The van der Waals surface area contributed by atoms with Crippen molar-refractivity contribution >= 4 is 6.09 Å². The van der Waals surface area contributed by atoms with E-state index >= 15 is 0 Å². The molecule has 0 bridgehead atoms. The van der Waals surface area contributed by atoms with Gasteiger partial charge in [0.15, 0.2) is 0 Å². The first-order chi connectivity index (χ1) is 4.70. The average molecular weight is 145 g/mol. The number of hydrogen-bond acceptors (Lipinski definition) is 2. The van der Waals surface area contributed by atoms with Crippen LogP contribution in [0.2, 0.25) is 0 Å². The Bertz CT molecular complexity index is 137. The molecule has 0 spiro atoms. The van der Waals surface area contributed by atoms with E-state index < -0.39 is 12.2 Å². The summed E-state index contributed by atoms with van der Waals surface area (Å²) in [6, 6.07) is 0. The van der Waals surface area contributed by atoms with E-state index in [-0.39, 0.29) is 6.54 Å². The third kappa shape index (κ3) is 1.60. The van der Waals surface area contributed by atoms with Crippen molar-refractivity contribution in [2.75, 3.05) is 13.1 Å². The highest BCUT2D eigenvalue weighted by Crippen LogP contribution is 2.08. The summed E-state index contributed by atoms with van der Waals surface area (Å²) >= 11 is 0. The maximum Gasteiger partial charge on any atom is 0.407 e. The molecule has 1 saturated heterocycles. The highest BCUT2D eigenvalue weighted by molar-refractivity contribution is 5.65. The molecular weight excluding hydrogens is 134 g/mol. The molecule has 4 nitrogen and oxygen atoms in total. The van der Waals surface area contributed by atoms with Gasteiger partial charge in [-0.2, -0.15) is 0 Å². The number of carbonyl (C=O) groups is 1. The lowest BCUT2D eigenvalue weighted by molar-refractivity contribution is 0.0660. The van der Waals surface area contributed by atoms with E-state index in [2.05, 4.69) is 0 Å². The minimum Gasteiger partial charge on any atom is -0.465 e. The predicted octanol–water partition coefficient (Wildman–Crippen LogP) is 0.121. The molecule has 0 aromatic carbocycles. The van der Waals surface area contributed by atoms with Gasteiger partial charge in [-0.15, -0.1) is 0 Å². The third-order valence-electron chi connectivity index (χ3n) is 1.67. The molecule has 1 aliphatic rings. The number of piperidine rings is 1. The van der Waals surface area contributed by atoms with Gasteiger partial charge in [0, 0.05) is 13.1 Å². The molecule has 1 heterocycles. The Morgan fingerprint density at radius 2 is 2.30 bits per heavy atom. The Balaban J connectivity index is 2.39. The van der Waals surface area contributed by atoms with Crippen LogP contribution in [0.15, 0.2) is 0 Å². The van der Waals surface area contributed by atoms with Gasteiger partial charge in [-0.1, -0.05) is 0 Å². The van der Waals surface area contributed by atoms with Gasteiger partial charge in [0.05, 0.1) is 6.10 Å². The Hall–Kier alpha value is -0.770. The molecule has 10 heavy (non-hydrogen) atoms. The number of β-amino-alcohol motifs (C(OH)–C–C–N with tert-alkyl or cyclic N) is 1. The summed E-state index contributed by atoms with van der Waals surface area (Å²) < 4.78 is 0. The zero-order valence-electron chi connectivity index (χ0n) is 5.66. The zero-order chi connectivity index (χ0) is 7.56. The standard InChI is InChI=1S/C6H11NO3/c8-5-2-1-3-7(4-5)6(9)10/h5,8H,1-4H2,(H,9,10)/t5-/m0/s1. The summed E-state index contributed by atoms with van der Waals surface area (Å²) in [6.07, 6.45) is 0.112. The van der Waals surface area contributed by atoms with Crippen molar-refractivity contribution in [3.63, 3.8) is 0 Å². The average Bonchev–Trinajstić information content (AvgIpc) is 1.88. The minimum atomic E-state index is -0.932. The number of nitrogens with zero attached hydrogens (tertiary/aromatic N) is 1. The van der Waals surface area contributed by atoms with E-state index in [9.17, 15) is 4.79 Å². The minimum absolute atomic E-state index is 0.273. The molecule has 1 atom stereocenters. The van der Waals surface area contributed by atoms with Gasteiger partial charge in [-0.3, -0.25) is 0 Å². The first-order valence-corrected chi connectivity index (χ1v) is 3.36. The van der Waals surface area contributed by atoms with Crippen LogP contribution >= 0.6 is 0 Å². The molecule has 0 radical (unpaired) electrons. The second-order valence-corrected chi connectivity index (χ2v) is 2.52. The largest absolute Gasteiger partial charge is 0.465 e. The summed E-state index contributed by atoms with van der Waals surface area (Å²) in [5, 5.41) is 17.5. The van der Waals surface area contributed by atoms with Gasteiger partial charge < -0.3 is 15.1 Å². The fraction of sp³-hybridized carbons (Fsp3) is 0.833. The van der Waals surface area contributed by atoms with E-state index in [1.54, 1.807) is 0 Å². The summed E-state index contributed by atoms with van der Waals surface area (Å²) in [4.78, 5) is 11.6. The normalized spacial score (nSPS) is 26.5. The molecule has 0 saturated carbocycles. The lowest BCUT2D eigenvalue weighted by Gasteiger charge is -2.27. The highest BCUT2D eigenvalue weighted by Gasteiger charge is 2.20. The summed E-state index contributed by atoms with van der Waals surface area (Å²) in [5.74, 6) is 0. The second-order valence-electron chi connectivity index (χ2n) is 2.52. The van der Waals surface area contributed by atoms with Crippen molar-refractivity contribution in [2.24, 2.45) is 0 Å². The second kappa shape index (κ2) is 2.88. The molecule has 1 aliphatic heterocycles. The first kappa shape index (κ1) is 7.34. The Morgan fingerprint density at radius 1 is 1.60 bits per heavy atom. The van der Waals surface area contributed by atoms with Crippen LogP contribution < -0.4 is 0 Å². The zero-order valence-corrected chi connectivity index (χ0v) is 5.66. The quantitative estimate of drug-likeness (QED) is 0.509. The summed E-state index contributed by atoms with van der Waals surface area (Å²) in [6.45, 7) is 0.835. The fourth-order valence-corrected chi connectivity index (χ4v) is 1.13. The lowest BCUT2D eigenvalue weighted by Crippen LogP contribution is -2.41. The van der Waals surface area contributed by atoms with Crippen LogP contribution in [0.1, 0.15) is 12.8 Å². The number of aliphatic hydroxyl groups excluding tert-OH is 1. The maximum atomic E-state index is 10.3. The van der Waals surface area contributed by atoms with Gasteiger partial charge in [-0.25, -0.2) is 4.79 Å². The van der Waals surface area contributed by atoms with Gasteiger partial charge in [0.25, 0.3) is 0 Å². The van der Waals surface area contributed by atoms with Crippen molar-refractivity contribution in [3.05, 3.63) is 0 Å². The topological polar surface area (TPSA) is 60.8 Å². The SMILES string of the molecule is O=C(O)N1CCC[C@H](O)C1. The van der Waals surface area contributed by atoms with E-state index in [4.69, 9.17) is 10.2 Å². The molecule has 0 aromatic rings. The number of rotatable bonds is 0. The van der Waals surface area contributed by atoms with Crippen LogP contribution in [0, 0.1) is 0 Å². The molecule has 2 N–H and O–H groups in total. The molecule has 1 fully saturated rings. The van der Waals surface area contributed by atoms with E-state index in [0.29, 0.717) is 6.54 Å². The highest BCUT2D eigenvalue weighted by atomic mass is 16.4. The van der Waals surface area contributed by atoms with E-state index in [1.807, 2.05) is 0 Å². The number of hydrogen-bond donors (Lipinski definition) is 2. The molecule has 0 unspecified atom stereocenters. The third-order valence-corrected chi connectivity index (χ3v) is 1.67. The predicted molar refractivity (Wildman–Crippen MR) is 34.8 cm³/mol. The van der Waals surface area contributed by atoms with Crippen molar-refractivity contribution in [3.8, 4) is 0 Å². The molecule has 1 rings (SSSR count). The molecule has 58 valence electrons. The number of carboxylic acid groups (broad SMARTS) is 1. The van der Waals surface area contributed by atoms with Crippen LogP contribution in [0.25, 0.3) is 0 Å². The first-order valence-electron chi connectivity index (χ1n) is 3.36. The van der Waals surface area contributed by atoms with Gasteiger partial charge >= 0.3 is 6.09 Å². The van der Waals surface area contributed by atoms with Crippen LogP contribution in [0.5, 0.6) is 0 Å². The van der Waals surface area contributed by atoms with Crippen LogP contribution in [0.4, 0.5) is 4.79 Å². The number of likely N-dealkylation sites (tertiary alicyclic amines) is 1. The number of aliphatic hydroxyl groups is 1. The maximum absolute atomic E-state index is 10.3. The Morgan fingerprint density at radius 3 is 2.70 bits per heavy atom. The van der Waals surface area contributed by atoms with Crippen LogP contribution in [-0.2, 0) is 0 Å². The molecular formula is C6H11NO3. The van der Waals surface area contributed by atoms with Crippen LogP contribution in [-0.4, -0.2) is 40.4 Å². The Labute approximate surface area is 59.1 Å². The summed E-state index contributed by atoms with van der Waals surface area (Å²) in [5.41, 5.74) is 0. The van der Waals surface area contributed by atoms with Gasteiger partial charge in [-0.05, 0) is 12.8 Å². The lowest BCUT2D eigenvalue weighted by atomic mass is 10.1. The van der Waals surface area contributed by atoms with Gasteiger partial charge in [0.1, 0.15) is 0 Å². The molecule has 4 heteroatoms. The van der Waals surface area contributed by atoms with E-state index in [1.165, 1.54) is 4.90 Å². The fourth-order valence-electron chi connectivity index (χ4n) is 1.13. The van der Waals surface area contributed by atoms with Crippen molar-refractivity contribution < 1.29 is 15.0 Å². The van der Waals surface area contributed by atoms with E-state index in [0.717, 1.165) is 12.8 Å². The van der Waals surface area contributed by atoms with Crippen molar-refractivity contribution in [1.82, 2.24) is 4.90 Å². The smallest absolute Gasteiger partial charge is 0.407 e. The molecule has 0 aromatic heterocycles. The van der Waals surface area contributed by atoms with Crippen molar-refractivity contribution in [1.29, 1.82) is 0 Å².